The summed E-state index contributed by atoms with van der Waals surface area (Å²) < 4.78 is 5.81. The number of ether oxygens (including phenoxy) is 1. The second-order valence-corrected chi connectivity index (χ2v) is 5.23. The Bertz CT molecular complexity index is 567. The van der Waals surface area contributed by atoms with Crippen molar-refractivity contribution in [3.8, 4) is 11.5 Å². The topological polar surface area (TPSA) is 21.3 Å². The lowest BCUT2D eigenvalue weighted by Crippen LogP contribution is -2.07. The van der Waals surface area contributed by atoms with Crippen LogP contribution in [0.3, 0.4) is 0 Å². The maximum atomic E-state index is 6.16. The Labute approximate surface area is 127 Å². The molecule has 100 valence electrons. The Morgan fingerprint density at radius 2 is 1.74 bits per heavy atom. The summed E-state index contributed by atoms with van der Waals surface area (Å²) in [5.74, 6) is 1.26. The molecular formula is C14H12Cl3NO. The SMILES string of the molecule is CNCc1c(Cl)cccc1Oc1cc(Cl)cc(Cl)c1. The van der Waals surface area contributed by atoms with Crippen molar-refractivity contribution in [2.75, 3.05) is 7.05 Å². The third-order valence-corrected chi connectivity index (χ3v) is 3.28. The highest BCUT2D eigenvalue weighted by molar-refractivity contribution is 6.34. The summed E-state index contributed by atoms with van der Waals surface area (Å²) in [6.07, 6.45) is 0. The molecule has 0 aliphatic heterocycles. The van der Waals surface area contributed by atoms with E-state index in [1.165, 1.54) is 0 Å². The van der Waals surface area contributed by atoms with Gasteiger partial charge in [-0.3, -0.25) is 0 Å². The van der Waals surface area contributed by atoms with E-state index in [0.29, 0.717) is 33.1 Å². The maximum absolute atomic E-state index is 6.16. The molecule has 0 unspecified atom stereocenters. The molecule has 0 saturated heterocycles. The zero-order valence-corrected chi connectivity index (χ0v) is 12.5. The van der Waals surface area contributed by atoms with Gasteiger partial charge in [0.1, 0.15) is 11.5 Å². The Morgan fingerprint density at radius 3 is 2.37 bits per heavy atom. The van der Waals surface area contributed by atoms with Crippen molar-refractivity contribution in [2.24, 2.45) is 0 Å². The van der Waals surface area contributed by atoms with Gasteiger partial charge in [-0.05, 0) is 37.4 Å². The van der Waals surface area contributed by atoms with Crippen LogP contribution in [0, 0.1) is 0 Å². The second kappa shape index (κ2) is 6.49. The van der Waals surface area contributed by atoms with Gasteiger partial charge in [0.25, 0.3) is 0 Å². The average Bonchev–Trinajstić information content (AvgIpc) is 2.32. The molecule has 2 nitrogen and oxygen atoms in total. The lowest BCUT2D eigenvalue weighted by molar-refractivity contribution is 0.474. The fraction of sp³-hybridized carbons (Fsp3) is 0.143. The van der Waals surface area contributed by atoms with Crippen LogP contribution in [0.4, 0.5) is 0 Å². The lowest BCUT2D eigenvalue weighted by atomic mass is 10.2. The van der Waals surface area contributed by atoms with Crippen molar-refractivity contribution in [3.63, 3.8) is 0 Å². The molecular weight excluding hydrogens is 305 g/mol. The van der Waals surface area contributed by atoms with E-state index in [1.807, 2.05) is 25.2 Å². The van der Waals surface area contributed by atoms with E-state index in [2.05, 4.69) is 5.32 Å². The van der Waals surface area contributed by atoms with Gasteiger partial charge in [0.05, 0.1) is 0 Å². The second-order valence-electron chi connectivity index (χ2n) is 3.95. The van der Waals surface area contributed by atoms with E-state index in [4.69, 9.17) is 39.5 Å². The zero-order valence-electron chi connectivity index (χ0n) is 10.2. The highest BCUT2D eigenvalue weighted by atomic mass is 35.5. The van der Waals surface area contributed by atoms with Crippen LogP contribution in [0.1, 0.15) is 5.56 Å². The third-order valence-electron chi connectivity index (χ3n) is 2.49. The van der Waals surface area contributed by atoms with E-state index < -0.39 is 0 Å². The molecule has 2 aromatic carbocycles. The molecule has 0 atom stereocenters. The molecule has 0 radical (unpaired) electrons. The van der Waals surface area contributed by atoms with Crippen molar-refractivity contribution in [1.82, 2.24) is 5.32 Å². The summed E-state index contributed by atoms with van der Waals surface area (Å²) in [5.41, 5.74) is 0.891. The minimum absolute atomic E-state index is 0.527. The molecule has 0 fully saturated rings. The van der Waals surface area contributed by atoms with E-state index >= 15 is 0 Å². The Kier molecular flexibility index (Phi) is 4.94. The average molecular weight is 317 g/mol. The molecule has 2 aromatic rings. The van der Waals surface area contributed by atoms with Crippen LogP contribution in [0.25, 0.3) is 0 Å². The molecule has 5 heteroatoms. The first kappa shape index (κ1) is 14.5. The summed E-state index contributed by atoms with van der Waals surface area (Å²) in [6.45, 7) is 0.614. The van der Waals surface area contributed by atoms with Crippen molar-refractivity contribution in [3.05, 3.63) is 57.0 Å². The summed E-state index contributed by atoms with van der Waals surface area (Å²) in [5, 5.41) is 4.76. The Morgan fingerprint density at radius 1 is 1.05 bits per heavy atom. The molecule has 0 aromatic heterocycles. The quantitative estimate of drug-likeness (QED) is 0.841. The number of hydrogen-bond acceptors (Lipinski definition) is 2. The monoisotopic (exact) mass is 315 g/mol. The van der Waals surface area contributed by atoms with Gasteiger partial charge >= 0.3 is 0 Å². The number of hydrogen-bond donors (Lipinski definition) is 1. The van der Waals surface area contributed by atoms with E-state index in [-0.39, 0.29) is 0 Å². The lowest BCUT2D eigenvalue weighted by Gasteiger charge is -2.13. The zero-order chi connectivity index (χ0) is 13.8. The molecule has 0 aliphatic carbocycles. The fourth-order valence-corrected chi connectivity index (χ4v) is 2.44. The minimum Gasteiger partial charge on any atom is -0.457 e. The van der Waals surface area contributed by atoms with Crippen LogP contribution < -0.4 is 10.1 Å². The normalized spacial score (nSPS) is 10.5. The first-order chi connectivity index (χ1) is 9.10. The number of benzene rings is 2. The van der Waals surface area contributed by atoms with Gasteiger partial charge in [-0.2, -0.15) is 0 Å². The predicted molar refractivity (Wildman–Crippen MR) is 80.8 cm³/mol. The van der Waals surface area contributed by atoms with Gasteiger partial charge in [-0.1, -0.05) is 40.9 Å². The smallest absolute Gasteiger partial charge is 0.133 e. The number of rotatable bonds is 4. The molecule has 0 aliphatic rings. The van der Waals surface area contributed by atoms with Crippen LogP contribution in [-0.2, 0) is 6.54 Å². The Balaban J connectivity index is 2.34. The van der Waals surface area contributed by atoms with Gasteiger partial charge in [0.15, 0.2) is 0 Å². The Hall–Kier alpha value is -0.930. The summed E-state index contributed by atoms with van der Waals surface area (Å²) in [6, 6.07) is 10.6. The molecule has 0 spiro atoms. The van der Waals surface area contributed by atoms with E-state index in [9.17, 15) is 0 Å². The molecule has 0 saturated carbocycles. The largest absolute Gasteiger partial charge is 0.457 e. The summed E-state index contributed by atoms with van der Waals surface area (Å²) >= 11 is 18.1. The summed E-state index contributed by atoms with van der Waals surface area (Å²) in [7, 11) is 1.85. The van der Waals surface area contributed by atoms with E-state index in [1.54, 1.807) is 18.2 Å². The standard InChI is InChI=1S/C14H12Cl3NO/c1-18-8-12-13(17)3-2-4-14(12)19-11-6-9(15)5-10(16)7-11/h2-7,18H,8H2,1H3. The number of nitrogens with one attached hydrogen (secondary N) is 1. The van der Waals surface area contributed by atoms with Crippen LogP contribution in [-0.4, -0.2) is 7.05 Å². The minimum atomic E-state index is 0.527. The molecule has 2 rings (SSSR count). The predicted octanol–water partition coefficient (Wildman–Crippen LogP) is 5.16. The molecule has 1 N–H and O–H groups in total. The van der Waals surface area contributed by atoms with Gasteiger partial charge in [0.2, 0.25) is 0 Å². The molecule has 0 bridgehead atoms. The van der Waals surface area contributed by atoms with Gasteiger partial charge < -0.3 is 10.1 Å². The fourth-order valence-electron chi connectivity index (χ4n) is 1.70. The van der Waals surface area contributed by atoms with Gasteiger partial charge in [-0.25, -0.2) is 0 Å². The van der Waals surface area contributed by atoms with Crippen LogP contribution >= 0.6 is 34.8 Å². The molecule has 19 heavy (non-hydrogen) atoms. The first-order valence-corrected chi connectivity index (χ1v) is 6.79. The van der Waals surface area contributed by atoms with Crippen molar-refractivity contribution in [1.29, 1.82) is 0 Å². The number of halogens is 3. The molecule has 0 heterocycles. The summed E-state index contributed by atoms with van der Waals surface area (Å²) in [4.78, 5) is 0. The first-order valence-electron chi connectivity index (χ1n) is 5.66. The third kappa shape index (κ3) is 3.77. The maximum Gasteiger partial charge on any atom is 0.133 e. The van der Waals surface area contributed by atoms with Crippen molar-refractivity contribution in [2.45, 2.75) is 6.54 Å². The van der Waals surface area contributed by atoms with Crippen LogP contribution in [0.5, 0.6) is 11.5 Å². The highest BCUT2D eigenvalue weighted by Gasteiger charge is 2.09. The van der Waals surface area contributed by atoms with Crippen molar-refractivity contribution < 1.29 is 4.74 Å². The van der Waals surface area contributed by atoms with Gasteiger partial charge in [0, 0.05) is 27.2 Å². The highest BCUT2D eigenvalue weighted by Crippen LogP contribution is 2.33. The van der Waals surface area contributed by atoms with Gasteiger partial charge in [-0.15, -0.1) is 0 Å². The van der Waals surface area contributed by atoms with Crippen molar-refractivity contribution >= 4 is 34.8 Å². The van der Waals surface area contributed by atoms with Crippen LogP contribution in [0.15, 0.2) is 36.4 Å². The van der Waals surface area contributed by atoms with Crippen LogP contribution in [0.2, 0.25) is 15.1 Å². The molecule has 0 amide bonds. The van der Waals surface area contributed by atoms with E-state index in [0.717, 1.165) is 5.56 Å².